The lowest BCUT2D eigenvalue weighted by Crippen LogP contribution is -2.15. The van der Waals surface area contributed by atoms with E-state index in [9.17, 15) is 14.4 Å². The number of benzene rings is 1. The predicted molar refractivity (Wildman–Crippen MR) is 79.1 cm³/mol. The highest BCUT2D eigenvalue weighted by Crippen LogP contribution is 2.20. The third kappa shape index (κ3) is 3.60. The smallest absolute Gasteiger partial charge is 0.347 e. The van der Waals surface area contributed by atoms with Crippen molar-refractivity contribution in [2.45, 2.75) is 6.92 Å². The SMILES string of the molecule is C=CCOC(=O)COc1ccc2cc(C(C)=O)c(=O)oc2c1. The largest absolute Gasteiger partial charge is 0.482 e. The summed E-state index contributed by atoms with van der Waals surface area (Å²) in [6.07, 6.45) is 1.45. The van der Waals surface area contributed by atoms with Crippen molar-refractivity contribution >= 4 is 22.7 Å². The summed E-state index contributed by atoms with van der Waals surface area (Å²) in [6, 6.07) is 6.18. The van der Waals surface area contributed by atoms with Crippen LogP contribution in [0.2, 0.25) is 0 Å². The van der Waals surface area contributed by atoms with Gasteiger partial charge in [-0.15, -0.1) is 0 Å². The fourth-order valence-electron chi connectivity index (χ4n) is 1.76. The van der Waals surface area contributed by atoms with Gasteiger partial charge in [0.15, 0.2) is 12.4 Å². The second-order valence-electron chi connectivity index (χ2n) is 4.46. The summed E-state index contributed by atoms with van der Waals surface area (Å²) >= 11 is 0. The molecule has 0 aliphatic rings. The van der Waals surface area contributed by atoms with E-state index in [2.05, 4.69) is 6.58 Å². The van der Waals surface area contributed by atoms with Crippen LogP contribution in [0.15, 0.2) is 46.1 Å². The van der Waals surface area contributed by atoms with Gasteiger partial charge in [0.1, 0.15) is 23.5 Å². The quantitative estimate of drug-likeness (QED) is 0.352. The first-order valence-electron chi connectivity index (χ1n) is 6.49. The summed E-state index contributed by atoms with van der Waals surface area (Å²) in [6.45, 7) is 4.57. The minimum Gasteiger partial charge on any atom is -0.482 e. The summed E-state index contributed by atoms with van der Waals surface area (Å²) in [4.78, 5) is 34.3. The van der Waals surface area contributed by atoms with Gasteiger partial charge in [0, 0.05) is 11.5 Å². The van der Waals surface area contributed by atoms with E-state index in [1.807, 2.05) is 0 Å². The van der Waals surface area contributed by atoms with Gasteiger partial charge in [0.25, 0.3) is 0 Å². The number of ketones is 1. The molecule has 0 fully saturated rings. The number of esters is 1. The topological polar surface area (TPSA) is 82.8 Å². The fraction of sp³-hybridized carbons (Fsp3) is 0.188. The molecule has 0 unspecified atom stereocenters. The first kappa shape index (κ1) is 15.5. The van der Waals surface area contributed by atoms with Gasteiger partial charge in [-0.1, -0.05) is 12.7 Å². The lowest BCUT2D eigenvalue weighted by molar-refractivity contribution is -0.144. The molecular weight excluding hydrogens is 288 g/mol. The van der Waals surface area contributed by atoms with E-state index < -0.39 is 11.6 Å². The third-order valence-corrected chi connectivity index (χ3v) is 2.81. The summed E-state index contributed by atoms with van der Waals surface area (Å²) in [5, 5.41) is 0.589. The van der Waals surface area contributed by atoms with Gasteiger partial charge in [0.05, 0.1) is 0 Å². The molecule has 114 valence electrons. The highest BCUT2D eigenvalue weighted by Gasteiger charge is 2.10. The third-order valence-electron chi connectivity index (χ3n) is 2.81. The van der Waals surface area contributed by atoms with E-state index in [0.717, 1.165) is 0 Å². The second-order valence-corrected chi connectivity index (χ2v) is 4.46. The van der Waals surface area contributed by atoms with Crippen LogP contribution >= 0.6 is 0 Å². The highest BCUT2D eigenvalue weighted by atomic mass is 16.6. The molecule has 1 heterocycles. The van der Waals surface area contributed by atoms with Crippen LogP contribution in [0.3, 0.4) is 0 Å². The van der Waals surface area contributed by atoms with E-state index in [0.29, 0.717) is 11.1 Å². The van der Waals surface area contributed by atoms with Crippen molar-refractivity contribution in [2.24, 2.45) is 0 Å². The highest BCUT2D eigenvalue weighted by molar-refractivity contribution is 5.96. The van der Waals surface area contributed by atoms with Crippen molar-refractivity contribution in [3.63, 3.8) is 0 Å². The number of Topliss-reactive ketones (excluding diaryl/α,β-unsaturated/α-hetero) is 1. The molecule has 2 aromatic rings. The van der Waals surface area contributed by atoms with E-state index in [1.165, 1.54) is 25.1 Å². The Morgan fingerprint density at radius 2 is 2.09 bits per heavy atom. The second kappa shape index (κ2) is 6.71. The molecule has 0 N–H and O–H groups in total. The summed E-state index contributed by atoms with van der Waals surface area (Å²) < 4.78 is 15.1. The minimum atomic E-state index is -0.706. The lowest BCUT2D eigenvalue weighted by atomic mass is 10.1. The minimum absolute atomic E-state index is 0.00540. The van der Waals surface area contributed by atoms with Crippen molar-refractivity contribution in [3.8, 4) is 5.75 Å². The maximum atomic E-state index is 11.7. The Balaban J connectivity index is 2.19. The number of carbonyl (C=O) groups is 2. The predicted octanol–water partition coefficient (Wildman–Crippen LogP) is 2.10. The van der Waals surface area contributed by atoms with Gasteiger partial charge in [-0.25, -0.2) is 9.59 Å². The first-order chi connectivity index (χ1) is 10.5. The summed E-state index contributed by atoms with van der Waals surface area (Å²) in [5.41, 5.74) is -0.441. The van der Waals surface area contributed by atoms with E-state index in [1.54, 1.807) is 12.1 Å². The molecule has 0 saturated heterocycles. The zero-order valence-electron chi connectivity index (χ0n) is 12.0. The average Bonchev–Trinajstić information content (AvgIpc) is 2.49. The van der Waals surface area contributed by atoms with E-state index >= 15 is 0 Å². The maximum absolute atomic E-state index is 11.7. The number of rotatable bonds is 6. The summed E-state index contributed by atoms with van der Waals surface area (Å²) in [7, 11) is 0. The Bertz CT molecular complexity index is 787. The number of ether oxygens (including phenoxy) is 2. The molecule has 0 spiro atoms. The molecule has 0 bridgehead atoms. The van der Waals surface area contributed by atoms with E-state index in [4.69, 9.17) is 13.9 Å². The standard InChI is InChI=1S/C16H14O6/c1-3-6-20-15(18)9-21-12-5-4-11-7-13(10(2)17)16(19)22-14(11)8-12/h3-5,7-8H,1,6,9H2,2H3. The molecule has 22 heavy (non-hydrogen) atoms. The monoisotopic (exact) mass is 302 g/mol. The molecule has 6 nitrogen and oxygen atoms in total. The summed E-state index contributed by atoms with van der Waals surface area (Å²) in [5.74, 6) is -0.545. The van der Waals surface area contributed by atoms with Gasteiger partial charge < -0.3 is 13.9 Å². The normalized spacial score (nSPS) is 10.2. The molecule has 0 amide bonds. The lowest BCUT2D eigenvalue weighted by Gasteiger charge is -2.06. The van der Waals surface area contributed by atoms with E-state index in [-0.39, 0.29) is 30.1 Å². The van der Waals surface area contributed by atoms with Crippen LogP contribution < -0.4 is 10.4 Å². The molecule has 1 aromatic carbocycles. The van der Waals surface area contributed by atoms with Crippen LogP contribution in [-0.4, -0.2) is 25.0 Å². The van der Waals surface area contributed by atoms with Crippen LogP contribution in [0.25, 0.3) is 11.0 Å². The number of hydrogen-bond donors (Lipinski definition) is 0. The van der Waals surface area contributed by atoms with Crippen molar-refractivity contribution in [3.05, 3.63) is 52.9 Å². The molecule has 0 atom stereocenters. The molecular formula is C16H14O6. The van der Waals surface area contributed by atoms with Crippen LogP contribution in [0.5, 0.6) is 5.75 Å². The molecule has 0 radical (unpaired) electrons. The zero-order chi connectivity index (χ0) is 16.1. The molecule has 1 aromatic heterocycles. The van der Waals surface area contributed by atoms with Crippen LogP contribution in [0.4, 0.5) is 0 Å². The van der Waals surface area contributed by atoms with Crippen molar-refractivity contribution in [1.29, 1.82) is 0 Å². The van der Waals surface area contributed by atoms with Gasteiger partial charge in [-0.05, 0) is 25.1 Å². The molecule has 0 saturated carbocycles. The number of fused-ring (bicyclic) bond motifs is 1. The van der Waals surface area contributed by atoms with Gasteiger partial charge in [-0.2, -0.15) is 0 Å². The fourth-order valence-corrected chi connectivity index (χ4v) is 1.76. The van der Waals surface area contributed by atoms with Crippen LogP contribution in [0.1, 0.15) is 17.3 Å². The van der Waals surface area contributed by atoms with Gasteiger partial charge >= 0.3 is 11.6 Å². The van der Waals surface area contributed by atoms with Crippen LogP contribution in [-0.2, 0) is 9.53 Å². The Hall–Kier alpha value is -2.89. The van der Waals surface area contributed by atoms with Gasteiger partial charge in [-0.3, -0.25) is 4.79 Å². The average molecular weight is 302 g/mol. The van der Waals surface area contributed by atoms with Crippen molar-refractivity contribution in [2.75, 3.05) is 13.2 Å². The molecule has 2 rings (SSSR count). The number of hydrogen-bond acceptors (Lipinski definition) is 6. The van der Waals surface area contributed by atoms with Crippen LogP contribution in [0, 0.1) is 0 Å². The van der Waals surface area contributed by atoms with Crippen molar-refractivity contribution < 1.29 is 23.5 Å². The van der Waals surface area contributed by atoms with Crippen molar-refractivity contribution in [1.82, 2.24) is 0 Å². The Kier molecular flexibility index (Phi) is 4.73. The Morgan fingerprint density at radius 3 is 2.77 bits per heavy atom. The molecule has 0 aliphatic carbocycles. The zero-order valence-corrected chi connectivity index (χ0v) is 12.0. The number of carbonyl (C=O) groups excluding carboxylic acids is 2. The molecule has 6 heteroatoms. The Morgan fingerprint density at radius 1 is 1.32 bits per heavy atom. The maximum Gasteiger partial charge on any atom is 0.347 e. The Labute approximate surface area is 125 Å². The first-order valence-corrected chi connectivity index (χ1v) is 6.49. The molecule has 0 aliphatic heterocycles. The van der Waals surface area contributed by atoms with Gasteiger partial charge in [0.2, 0.25) is 0 Å².